The summed E-state index contributed by atoms with van der Waals surface area (Å²) in [6, 6.07) is 7.26. The number of hydrogen-bond donors (Lipinski definition) is 2. The summed E-state index contributed by atoms with van der Waals surface area (Å²) in [5.41, 5.74) is 13.3. The van der Waals surface area contributed by atoms with Gasteiger partial charge >= 0.3 is 0 Å². The van der Waals surface area contributed by atoms with E-state index in [1.165, 1.54) is 6.20 Å². The number of halogens is 1. The van der Waals surface area contributed by atoms with Crippen molar-refractivity contribution in [3.05, 3.63) is 46.3 Å². The number of nitrogen functional groups attached to an aromatic ring is 2. The average molecular weight is 289 g/mol. The van der Waals surface area contributed by atoms with E-state index in [0.717, 1.165) is 5.56 Å². The van der Waals surface area contributed by atoms with Gasteiger partial charge in [0.2, 0.25) is 0 Å². The molecule has 0 atom stereocenters. The van der Waals surface area contributed by atoms with Crippen LogP contribution in [0.4, 0.5) is 11.5 Å². The van der Waals surface area contributed by atoms with Crippen LogP contribution in [-0.4, -0.2) is 9.97 Å². The summed E-state index contributed by atoms with van der Waals surface area (Å²) in [5.74, 6) is 6.13. The second-order valence-electron chi connectivity index (χ2n) is 3.30. The van der Waals surface area contributed by atoms with Gasteiger partial charge in [-0.2, -0.15) is 0 Å². The van der Waals surface area contributed by atoms with E-state index in [0.29, 0.717) is 21.8 Å². The van der Waals surface area contributed by atoms with Gasteiger partial charge in [0.1, 0.15) is 4.60 Å². The molecule has 0 saturated carbocycles. The molecule has 0 aliphatic heterocycles. The number of nitrogens with two attached hydrogens (primary N) is 2. The molecule has 17 heavy (non-hydrogen) atoms. The minimum Gasteiger partial charge on any atom is -0.399 e. The second kappa shape index (κ2) is 4.85. The molecule has 4 N–H and O–H groups in total. The van der Waals surface area contributed by atoms with Crippen molar-refractivity contribution < 1.29 is 0 Å². The predicted molar refractivity (Wildman–Crippen MR) is 71.0 cm³/mol. The molecule has 0 saturated heterocycles. The molecule has 1 aromatic carbocycles. The van der Waals surface area contributed by atoms with Gasteiger partial charge in [0.25, 0.3) is 0 Å². The first-order valence-corrected chi connectivity index (χ1v) is 5.60. The lowest BCUT2D eigenvalue weighted by Crippen LogP contribution is -1.97. The van der Waals surface area contributed by atoms with E-state index in [1.54, 1.807) is 12.1 Å². The molecule has 1 heterocycles. The number of hydrogen-bond acceptors (Lipinski definition) is 4. The minimum absolute atomic E-state index is 0.316. The van der Waals surface area contributed by atoms with Gasteiger partial charge < -0.3 is 11.5 Å². The highest BCUT2D eigenvalue weighted by Gasteiger charge is 1.99. The van der Waals surface area contributed by atoms with Crippen molar-refractivity contribution in [2.75, 3.05) is 11.5 Å². The molecule has 0 bridgehead atoms. The number of aromatic nitrogens is 2. The Bertz CT molecular complexity index is 596. The van der Waals surface area contributed by atoms with E-state index in [9.17, 15) is 0 Å². The lowest BCUT2D eigenvalue weighted by molar-refractivity contribution is 1.15. The van der Waals surface area contributed by atoms with Crippen LogP contribution in [0, 0.1) is 11.8 Å². The zero-order chi connectivity index (χ0) is 12.3. The highest BCUT2D eigenvalue weighted by atomic mass is 79.9. The van der Waals surface area contributed by atoms with Crippen molar-refractivity contribution in [2.24, 2.45) is 0 Å². The van der Waals surface area contributed by atoms with E-state index in [2.05, 4.69) is 37.7 Å². The third-order valence-corrected chi connectivity index (χ3v) is 2.39. The molecule has 0 fully saturated rings. The standard InChI is InChI=1S/C12H9BrN4/c13-11-7-16-12(15)10(17-11)6-3-8-1-4-9(14)5-2-8/h1-2,4-5,7H,14H2,(H2,15,16). The largest absolute Gasteiger partial charge is 0.399 e. The number of rotatable bonds is 0. The Hall–Kier alpha value is -2.06. The summed E-state index contributed by atoms with van der Waals surface area (Å²) in [6.45, 7) is 0. The van der Waals surface area contributed by atoms with E-state index >= 15 is 0 Å². The SMILES string of the molecule is Nc1ccc(C#Cc2nc(Br)cnc2N)cc1. The number of nitrogens with zero attached hydrogens (tertiary/aromatic N) is 2. The summed E-state index contributed by atoms with van der Waals surface area (Å²) >= 11 is 3.22. The van der Waals surface area contributed by atoms with E-state index < -0.39 is 0 Å². The van der Waals surface area contributed by atoms with Crippen molar-refractivity contribution >= 4 is 27.4 Å². The molecule has 4 nitrogen and oxygen atoms in total. The lowest BCUT2D eigenvalue weighted by atomic mass is 10.2. The molecule has 0 unspecified atom stereocenters. The minimum atomic E-state index is 0.316. The van der Waals surface area contributed by atoms with Gasteiger partial charge in [-0.25, -0.2) is 9.97 Å². The monoisotopic (exact) mass is 288 g/mol. The van der Waals surface area contributed by atoms with Crippen LogP contribution in [0.2, 0.25) is 0 Å². The first-order valence-electron chi connectivity index (χ1n) is 4.81. The van der Waals surface area contributed by atoms with Crippen LogP contribution in [0.1, 0.15) is 11.3 Å². The topological polar surface area (TPSA) is 77.8 Å². The van der Waals surface area contributed by atoms with Crippen LogP contribution >= 0.6 is 15.9 Å². The Kier molecular flexibility index (Phi) is 3.26. The summed E-state index contributed by atoms with van der Waals surface area (Å²) in [6.07, 6.45) is 1.53. The molecule has 84 valence electrons. The van der Waals surface area contributed by atoms with Gasteiger partial charge in [0, 0.05) is 11.3 Å². The molecule has 0 aliphatic carbocycles. The highest BCUT2D eigenvalue weighted by molar-refractivity contribution is 9.10. The molecular formula is C12H9BrN4. The van der Waals surface area contributed by atoms with Gasteiger partial charge in [0.15, 0.2) is 11.5 Å². The average Bonchev–Trinajstić information content (AvgIpc) is 2.32. The summed E-state index contributed by atoms with van der Waals surface area (Å²) in [4.78, 5) is 8.09. The first-order chi connectivity index (χ1) is 8.15. The number of anilines is 2. The van der Waals surface area contributed by atoms with E-state index in [4.69, 9.17) is 11.5 Å². The zero-order valence-electron chi connectivity index (χ0n) is 8.81. The summed E-state index contributed by atoms with van der Waals surface area (Å²) < 4.78 is 0.605. The molecule has 2 aromatic rings. The lowest BCUT2D eigenvalue weighted by Gasteiger charge is -1.96. The van der Waals surface area contributed by atoms with Crippen molar-refractivity contribution in [3.63, 3.8) is 0 Å². The molecule has 0 spiro atoms. The summed E-state index contributed by atoms with van der Waals surface area (Å²) in [5, 5.41) is 0. The Balaban J connectivity index is 2.32. The highest BCUT2D eigenvalue weighted by Crippen LogP contribution is 2.10. The molecule has 5 heteroatoms. The van der Waals surface area contributed by atoms with Crippen LogP contribution in [0.25, 0.3) is 0 Å². The van der Waals surface area contributed by atoms with Gasteiger partial charge in [-0.05, 0) is 46.1 Å². The normalized spacial score (nSPS) is 9.47. The van der Waals surface area contributed by atoms with Crippen LogP contribution < -0.4 is 11.5 Å². The molecule has 0 aliphatic rings. The maximum Gasteiger partial charge on any atom is 0.158 e. The third-order valence-electron chi connectivity index (χ3n) is 2.01. The van der Waals surface area contributed by atoms with Crippen LogP contribution in [0.5, 0.6) is 0 Å². The maximum absolute atomic E-state index is 5.66. The Labute approximate surface area is 107 Å². The molecule has 0 amide bonds. The second-order valence-corrected chi connectivity index (χ2v) is 4.11. The van der Waals surface area contributed by atoms with Gasteiger partial charge in [-0.1, -0.05) is 5.92 Å². The summed E-state index contributed by atoms with van der Waals surface area (Å²) in [7, 11) is 0. The fourth-order valence-corrected chi connectivity index (χ4v) is 1.45. The van der Waals surface area contributed by atoms with E-state index in [-0.39, 0.29) is 0 Å². The molecular weight excluding hydrogens is 280 g/mol. The van der Waals surface area contributed by atoms with Crippen LogP contribution in [0.15, 0.2) is 35.1 Å². The number of benzene rings is 1. The van der Waals surface area contributed by atoms with Gasteiger partial charge in [-0.3, -0.25) is 0 Å². The third kappa shape index (κ3) is 2.95. The first kappa shape index (κ1) is 11.4. The van der Waals surface area contributed by atoms with Gasteiger partial charge in [-0.15, -0.1) is 0 Å². The smallest absolute Gasteiger partial charge is 0.158 e. The van der Waals surface area contributed by atoms with Crippen molar-refractivity contribution in [1.29, 1.82) is 0 Å². The Morgan fingerprint density at radius 2 is 1.76 bits per heavy atom. The van der Waals surface area contributed by atoms with Crippen LogP contribution in [0.3, 0.4) is 0 Å². The van der Waals surface area contributed by atoms with Crippen molar-refractivity contribution in [2.45, 2.75) is 0 Å². The predicted octanol–water partition coefficient (Wildman–Crippen LogP) is 1.80. The fourth-order valence-electron chi connectivity index (χ4n) is 1.17. The van der Waals surface area contributed by atoms with Gasteiger partial charge in [0.05, 0.1) is 6.20 Å². The van der Waals surface area contributed by atoms with Crippen LogP contribution in [-0.2, 0) is 0 Å². The quantitative estimate of drug-likeness (QED) is 0.572. The Morgan fingerprint density at radius 3 is 2.47 bits per heavy atom. The zero-order valence-corrected chi connectivity index (χ0v) is 10.4. The molecule has 2 rings (SSSR count). The molecule has 0 radical (unpaired) electrons. The maximum atomic E-state index is 5.66. The Morgan fingerprint density at radius 1 is 1.06 bits per heavy atom. The molecule has 1 aromatic heterocycles. The fraction of sp³-hybridized carbons (Fsp3) is 0. The van der Waals surface area contributed by atoms with E-state index in [1.807, 2.05) is 12.1 Å². The van der Waals surface area contributed by atoms with Crippen molar-refractivity contribution in [3.8, 4) is 11.8 Å². The van der Waals surface area contributed by atoms with Crippen molar-refractivity contribution in [1.82, 2.24) is 9.97 Å².